The summed E-state index contributed by atoms with van der Waals surface area (Å²) in [6.45, 7) is 4.10. The minimum absolute atomic E-state index is 0.128. The Morgan fingerprint density at radius 2 is 2.03 bits per heavy atom. The van der Waals surface area contributed by atoms with E-state index in [2.05, 4.69) is 26.1 Å². The van der Waals surface area contributed by atoms with Crippen molar-refractivity contribution in [1.29, 1.82) is 0 Å². The van der Waals surface area contributed by atoms with Gasteiger partial charge in [-0.25, -0.2) is 4.79 Å². The maximum Gasteiger partial charge on any atom is 0.322 e. The molecule has 1 aliphatic heterocycles. The van der Waals surface area contributed by atoms with Gasteiger partial charge in [-0.05, 0) is 61.8 Å². The number of carbonyl (C=O) groups excluding carboxylic acids is 1. The molecule has 0 unspecified atom stereocenters. The number of benzene rings is 2. The van der Waals surface area contributed by atoms with Gasteiger partial charge in [-0.15, -0.1) is 0 Å². The van der Waals surface area contributed by atoms with Crippen molar-refractivity contribution in [2.75, 3.05) is 51.8 Å². The lowest BCUT2D eigenvalue weighted by atomic mass is 10.2. The molecule has 2 amide bonds. The minimum atomic E-state index is -0.302. The van der Waals surface area contributed by atoms with Gasteiger partial charge in [-0.2, -0.15) is 0 Å². The number of aliphatic hydroxyl groups is 1. The largest absolute Gasteiger partial charge is 0.497 e. The van der Waals surface area contributed by atoms with Crippen molar-refractivity contribution >= 4 is 27.6 Å². The second kappa shape index (κ2) is 11.9. The quantitative estimate of drug-likeness (QED) is 0.526. The lowest BCUT2D eigenvalue weighted by Crippen LogP contribution is -2.36. The van der Waals surface area contributed by atoms with Crippen LogP contribution in [0.4, 0.5) is 10.5 Å². The zero-order valence-corrected chi connectivity index (χ0v) is 19.4. The molecular weight excluding hydrogens is 462 g/mol. The second-order valence-electron chi connectivity index (χ2n) is 7.46. The van der Waals surface area contributed by atoms with Gasteiger partial charge in [0.25, 0.3) is 0 Å². The first-order chi connectivity index (χ1) is 15.1. The van der Waals surface area contributed by atoms with E-state index >= 15 is 0 Å². The van der Waals surface area contributed by atoms with Crippen LogP contribution >= 0.6 is 15.9 Å². The molecule has 0 spiro atoms. The summed E-state index contributed by atoms with van der Waals surface area (Å²) in [6, 6.07) is 12.8. The maximum absolute atomic E-state index is 13.0. The van der Waals surface area contributed by atoms with Crippen molar-refractivity contribution in [2.24, 2.45) is 0 Å². The number of aliphatic hydroxyl groups excluding tert-OH is 1. The third-order valence-electron chi connectivity index (χ3n) is 5.21. The van der Waals surface area contributed by atoms with E-state index in [0.717, 1.165) is 35.4 Å². The Morgan fingerprint density at radius 3 is 2.77 bits per heavy atom. The highest BCUT2D eigenvalue weighted by molar-refractivity contribution is 9.10. The Kier molecular flexibility index (Phi) is 8.99. The van der Waals surface area contributed by atoms with E-state index in [0.29, 0.717) is 24.6 Å². The maximum atomic E-state index is 13.0. The summed E-state index contributed by atoms with van der Waals surface area (Å²) in [5.74, 6) is 1.34. The third kappa shape index (κ3) is 7.12. The van der Waals surface area contributed by atoms with Crippen molar-refractivity contribution in [2.45, 2.75) is 19.4 Å². The van der Waals surface area contributed by atoms with Gasteiger partial charge in [0.1, 0.15) is 18.1 Å². The van der Waals surface area contributed by atoms with Crippen LogP contribution in [0.1, 0.15) is 18.4 Å². The van der Waals surface area contributed by atoms with Crippen molar-refractivity contribution in [1.82, 2.24) is 9.80 Å². The molecule has 1 saturated heterocycles. The first-order valence-corrected chi connectivity index (χ1v) is 11.3. The number of nitrogens with one attached hydrogen (secondary N) is 1. The molecule has 2 aromatic rings. The van der Waals surface area contributed by atoms with Gasteiger partial charge < -0.3 is 24.8 Å². The Hall–Kier alpha value is -2.29. The molecule has 0 aliphatic carbocycles. The monoisotopic (exact) mass is 491 g/mol. The molecule has 0 bridgehead atoms. The van der Waals surface area contributed by atoms with Crippen LogP contribution in [-0.2, 0) is 6.54 Å². The van der Waals surface area contributed by atoms with Gasteiger partial charge in [0.2, 0.25) is 0 Å². The molecule has 1 heterocycles. The molecule has 0 radical (unpaired) electrons. The minimum Gasteiger partial charge on any atom is -0.497 e. The number of urea groups is 1. The van der Waals surface area contributed by atoms with E-state index in [9.17, 15) is 9.90 Å². The predicted octanol–water partition coefficient (Wildman–Crippen LogP) is 3.96. The first kappa shape index (κ1) is 23.4. The van der Waals surface area contributed by atoms with Crippen LogP contribution in [0.15, 0.2) is 46.9 Å². The van der Waals surface area contributed by atoms with Crippen LogP contribution in [0, 0.1) is 0 Å². The van der Waals surface area contributed by atoms with Gasteiger partial charge >= 0.3 is 6.03 Å². The van der Waals surface area contributed by atoms with Gasteiger partial charge in [0.05, 0.1) is 19.4 Å². The smallest absolute Gasteiger partial charge is 0.322 e. The fourth-order valence-electron chi connectivity index (χ4n) is 3.57. The summed E-state index contributed by atoms with van der Waals surface area (Å²) in [6.07, 6.45) is 2.48. The zero-order valence-electron chi connectivity index (χ0n) is 17.8. The Morgan fingerprint density at radius 1 is 1.23 bits per heavy atom. The Balaban J connectivity index is 1.65. The lowest BCUT2D eigenvalue weighted by molar-refractivity contribution is 0.185. The highest BCUT2D eigenvalue weighted by Crippen LogP contribution is 2.29. The zero-order chi connectivity index (χ0) is 22.1. The summed E-state index contributed by atoms with van der Waals surface area (Å²) in [5, 5.41) is 12.4. The third-order valence-corrected chi connectivity index (χ3v) is 5.71. The summed E-state index contributed by atoms with van der Waals surface area (Å²) in [5.41, 5.74) is 1.52. The van der Waals surface area contributed by atoms with Gasteiger partial charge in [0, 0.05) is 24.1 Å². The molecule has 0 aromatic heterocycles. The second-order valence-corrected chi connectivity index (χ2v) is 8.38. The van der Waals surface area contributed by atoms with Crippen molar-refractivity contribution < 1.29 is 19.4 Å². The van der Waals surface area contributed by atoms with Crippen LogP contribution in [0.2, 0.25) is 0 Å². The molecule has 7 nitrogen and oxygen atoms in total. The van der Waals surface area contributed by atoms with Crippen molar-refractivity contribution in [3.8, 4) is 11.5 Å². The number of likely N-dealkylation sites (tertiary alicyclic amines) is 1. The number of rotatable bonds is 10. The number of carbonyl (C=O) groups is 1. The highest BCUT2D eigenvalue weighted by Gasteiger charge is 2.17. The predicted molar refractivity (Wildman–Crippen MR) is 125 cm³/mol. The van der Waals surface area contributed by atoms with Crippen LogP contribution in [0.3, 0.4) is 0 Å². The average molecular weight is 492 g/mol. The molecule has 8 heteroatoms. The normalized spacial score (nSPS) is 13.8. The van der Waals surface area contributed by atoms with E-state index in [-0.39, 0.29) is 19.2 Å². The Bertz CT molecular complexity index is 858. The fraction of sp³-hybridized carbons (Fsp3) is 0.435. The molecule has 0 atom stereocenters. The average Bonchev–Trinajstić information content (AvgIpc) is 3.29. The lowest BCUT2D eigenvalue weighted by Gasteiger charge is -2.23. The molecule has 2 aromatic carbocycles. The van der Waals surface area contributed by atoms with Crippen LogP contribution < -0.4 is 14.8 Å². The highest BCUT2D eigenvalue weighted by atomic mass is 79.9. The van der Waals surface area contributed by atoms with Crippen LogP contribution in [0.5, 0.6) is 11.5 Å². The van der Waals surface area contributed by atoms with E-state index in [1.807, 2.05) is 42.5 Å². The van der Waals surface area contributed by atoms with Gasteiger partial charge in [-0.1, -0.05) is 28.1 Å². The van der Waals surface area contributed by atoms with Gasteiger partial charge in [0.15, 0.2) is 0 Å². The molecule has 0 saturated carbocycles. The van der Waals surface area contributed by atoms with E-state index < -0.39 is 0 Å². The SMILES string of the molecule is COc1cccc(CN(CCO)C(=O)Nc2ccc(Br)cc2OCCN2CCCC2)c1. The molecule has 168 valence electrons. The Labute approximate surface area is 192 Å². The molecule has 31 heavy (non-hydrogen) atoms. The first-order valence-electron chi connectivity index (χ1n) is 10.5. The number of hydrogen-bond donors (Lipinski definition) is 2. The molecule has 2 N–H and O–H groups in total. The van der Waals surface area contributed by atoms with Crippen LogP contribution in [0.25, 0.3) is 0 Å². The number of ether oxygens (including phenoxy) is 2. The fourth-order valence-corrected chi connectivity index (χ4v) is 3.91. The number of anilines is 1. The molecular formula is C23H30BrN3O4. The van der Waals surface area contributed by atoms with Crippen molar-refractivity contribution in [3.05, 3.63) is 52.5 Å². The van der Waals surface area contributed by atoms with E-state index in [1.165, 1.54) is 12.8 Å². The van der Waals surface area contributed by atoms with Crippen molar-refractivity contribution in [3.63, 3.8) is 0 Å². The number of methoxy groups -OCH3 is 1. The van der Waals surface area contributed by atoms with Gasteiger partial charge in [-0.3, -0.25) is 4.90 Å². The molecule has 1 fully saturated rings. The molecule has 1 aliphatic rings. The standard InChI is InChI=1S/C23H30BrN3O4/c1-30-20-6-4-5-18(15-20)17-27(11-13-28)23(29)25-21-8-7-19(24)16-22(21)31-14-12-26-9-2-3-10-26/h4-8,15-16,28H,2-3,9-14,17H2,1H3,(H,25,29). The summed E-state index contributed by atoms with van der Waals surface area (Å²) < 4.78 is 12.1. The number of halogens is 1. The number of nitrogens with zero attached hydrogens (tertiary/aromatic N) is 2. The number of amides is 2. The number of hydrogen-bond acceptors (Lipinski definition) is 5. The van der Waals surface area contributed by atoms with Crippen LogP contribution in [-0.4, -0.2) is 67.4 Å². The molecule has 3 rings (SSSR count). The summed E-state index contributed by atoms with van der Waals surface area (Å²) >= 11 is 3.47. The topological polar surface area (TPSA) is 74.3 Å². The van der Waals surface area contributed by atoms with E-state index in [4.69, 9.17) is 9.47 Å². The summed E-state index contributed by atoms with van der Waals surface area (Å²) in [7, 11) is 1.61. The summed E-state index contributed by atoms with van der Waals surface area (Å²) in [4.78, 5) is 16.9. The van der Waals surface area contributed by atoms with E-state index in [1.54, 1.807) is 12.0 Å².